The first kappa shape index (κ1) is 14.3. The van der Waals surface area contributed by atoms with Crippen LogP contribution in [0.25, 0.3) is 0 Å². The molecule has 0 bridgehead atoms. The molecule has 3 heteroatoms. The molecule has 21 heavy (non-hydrogen) atoms. The van der Waals surface area contributed by atoms with Crippen LogP contribution >= 0.6 is 11.3 Å². The molecule has 2 heterocycles. The fourth-order valence-corrected chi connectivity index (χ4v) is 4.18. The van der Waals surface area contributed by atoms with E-state index in [1.165, 1.54) is 5.56 Å². The lowest BCUT2D eigenvalue weighted by atomic mass is 9.65. The molecule has 0 aliphatic carbocycles. The highest BCUT2D eigenvalue weighted by atomic mass is 32.1. The standard InChI is InChI=1S/C18H20O2S/c1-13(2)10-18(15-6-4-3-5-7-15)16(11-20-17(18)19)14-8-9-21-12-14/h3-9,12-13,16H,10-11H2,1-2H3. The fraction of sp³-hybridized carbons (Fsp3) is 0.389. The molecule has 1 aliphatic heterocycles. The highest BCUT2D eigenvalue weighted by Crippen LogP contribution is 2.49. The van der Waals surface area contributed by atoms with Crippen LogP contribution in [-0.4, -0.2) is 12.6 Å². The molecule has 2 atom stereocenters. The second-order valence-corrected chi connectivity index (χ2v) is 6.92. The van der Waals surface area contributed by atoms with Crippen LogP contribution in [0.3, 0.4) is 0 Å². The summed E-state index contributed by atoms with van der Waals surface area (Å²) in [7, 11) is 0. The van der Waals surface area contributed by atoms with E-state index in [2.05, 4.69) is 42.8 Å². The van der Waals surface area contributed by atoms with Crippen LogP contribution in [0.4, 0.5) is 0 Å². The number of cyclic esters (lactones) is 1. The van der Waals surface area contributed by atoms with Gasteiger partial charge >= 0.3 is 5.97 Å². The Bertz CT molecular complexity index is 603. The lowest BCUT2D eigenvalue weighted by Gasteiger charge is -2.33. The van der Waals surface area contributed by atoms with Gasteiger partial charge in [-0.05, 0) is 40.3 Å². The molecule has 0 amide bonds. The van der Waals surface area contributed by atoms with Crippen LogP contribution in [-0.2, 0) is 14.9 Å². The molecule has 1 fully saturated rings. The first-order valence-electron chi connectivity index (χ1n) is 7.39. The molecule has 0 saturated carbocycles. The molecule has 1 aromatic heterocycles. The lowest BCUT2D eigenvalue weighted by Crippen LogP contribution is -2.38. The van der Waals surface area contributed by atoms with E-state index in [0.717, 1.165) is 12.0 Å². The van der Waals surface area contributed by atoms with Crippen molar-refractivity contribution < 1.29 is 9.53 Å². The topological polar surface area (TPSA) is 26.3 Å². The average Bonchev–Trinajstić information content (AvgIpc) is 3.09. The molecule has 0 N–H and O–H groups in total. The third kappa shape index (κ3) is 2.40. The predicted octanol–water partition coefficient (Wildman–Crippen LogP) is 4.37. The smallest absolute Gasteiger partial charge is 0.317 e. The van der Waals surface area contributed by atoms with E-state index in [1.807, 2.05) is 18.2 Å². The van der Waals surface area contributed by atoms with Crippen LogP contribution < -0.4 is 0 Å². The number of hydrogen-bond donors (Lipinski definition) is 0. The number of esters is 1. The highest BCUT2D eigenvalue weighted by Gasteiger charge is 2.54. The summed E-state index contributed by atoms with van der Waals surface area (Å²) in [5.41, 5.74) is 1.75. The molecule has 1 saturated heterocycles. The van der Waals surface area contributed by atoms with Gasteiger partial charge in [-0.3, -0.25) is 4.79 Å². The van der Waals surface area contributed by atoms with Crippen molar-refractivity contribution >= 4 is 17.3 Å². The van der Waals surface area contributed by atoms with Gasteiger partial charge < -0.3 is 4.74 Å². The number of rotatable bonds is 4. The number of carbonyl (C=O) groups excluding carboxylic acids is 1. The van der Waals surface area contributed by atoms with Crippen LogP contribution in [0.2, 0.25) is 0 Å². The van der Waals surface area contributed by atoms with Crippen LogP contribution in [0.5, 0.6) is 0 Å². The monoisotopic (exact) mass is 300 g/mol. The largest absolute Gasteiger partial charge is 0.464 e. The van der Waals surface area contributed by atoms with E-state index < -0.39 is 5.41 Å². The van der Waals surface area contributed by atoms with Crippen molar-refractivity contribution in [3.63, 3.8) is 0 Å². The molecule has 2 aromatic rings. The summed E-state index contributed by atoms with van der Waals surface area (Å²) in [6.07, 6.45) is 0.816. The van der Waals surface area contributed by atoms with Crippen molar-refractivity contribution in [2.75, 3.05) is 6.61 Å². The average molecular weight is 300 g/mol. The van der Waals surface area contributed by atoms with Crippen molar-refractivity contribution in [1.29, 1.82) is 0 Å². The Morgan fingerprint density at radius 1 is 1.29 bits per heavy atom. The van der Waals surface area contributed by atoms with Crippen molar-refractivity contribution in [2.24, 2.45) is 5.92 Å². The second kappa shape index (κ2) is 5.64. The van der Waals surface area contributed by atoms with Gasteiger partial charge in [0, 0.05) is 5.92 Å². The van der Waals surface area contributed by atoms with Crippen LogP contribution in [0.1, 0.15) is 37.3 Å². The maximum atomic E-state index is 12.7. The number of thiophene rings is 1. The summed E-state index contributed by atoms with van der Waals surface area (Å²) >= 11 is 1.68. The molecular formula is C18H20O2S. The van der Waals surface area contributed by atoms with Crippen molar-refractivity contribution in [2.45, 2.75) is 31.6 Å². The van der Waals surface area contributed by atoms with Gasteiger partial charge in [-0.1, -0.05) is 44.2 Å². The Balaban J connectivity index is 2.14. The van der Waals surface area contributed by atoms with E-state index >= 15 is 0 Å². The van der Waals surface area contributed by atoms with E-state index in [0.29, 0.717) is 12.5 Å². The predicted molar refractivity (Wildman–Crippen MR) is 85.6 cm³/mol. The number of benzene rings is 1. The van der Waals surface area contributed by atoms with E-state index in [9.17, 15) is 4.79 Å². The minimum absolute atomic E-state index is 0.0707. The summed E-state index contributed by atoms with van der Waals surface area (Å²) in [4.78, 5) is 12.7. The minimum Gasteiger partial charge on any atom is -0.464 e. The molecule has 0 spiro atoms. The minimum atomic E-state index is -0.545. The maximum Gasteiger partial charge on any atom is 0.317 e. The molecule has 3 rings (SSSR count). The third-order valence-corrected chi connectivity index (χ3v) is 5.01. The van der Waals surface area contributed by atoms with E-state index in [1.54, 1.807) is 11.3 Å². The van der Waals surface area contributed by atoms with Gasteiger partial charge in [0.1, 0.15) is 5.41 Å². The molecule has 2 nitrogen and oxygen atoms in total. The van der Waals surface area contributed by atoms with Gasteiger partial charge in [0.15, 0.2) is 0 Å². The SMILES string of the molecule is CC(C)CC1(c2ccccc2)C(=O)OCC1c1ccsc1. The quantitative estimate of drug-likeness (QED) is 0.784. The summed E-state index contributed by atoms with van der Waals surface area (Å²) in [5, 5.41) is 4.22. The Hall–Kier alpha value is -1.61. The third-order valence-electron chi connectivity index (χ3n) is 4.30. The summed E-state index contributed by atoms with van der Waals surface area (Å²) in [6.45, 7) is 4.82. The van der Waals surface area contributed by atoms with Crippen molar-refractivity contribution in [1.82, 2.24) is 0 Å². The molecular weight excluding hydrogens is 280 g/mol. The fourth-order valence-electron chi connectivity index (χ4n) is 3.47. The molecule has 110 valence electrons. The number of hydrogen-bond acceptors (Lipinski definition) is 3. The first-order chi connectivity index (χ1) is 10.1. The van der Waals surface area contributed by atoms with E-state index in [-0.39, 0.29) is 11.9 Å². The molecule has 1 aliphatic rings. The Morgan fingerprint density at radius 3 is 2.67 bits per heavy atom. The van der Waals surface area contributed by atoms with Crippen LogP contribution in [0.15, 0.2) is 47.2 Å². The molecule has 0 radical (unpaired) electrons. The van der Waals surface area contributed by atoms with Gasteiger partial charge in [0.2, 0.25) is 0 Å². The van der Waals surface area contributed by atoms with Gasteiger partial charge in [-0.15, -0.1) is 0 Å². The normalized spacial score (nSPS) is 25.3. The van der Waals surface area contributed by atoms with Crippen molar-refractivity contribution in [3.05, 3.63) is 58.3 Å². The zero-order valence-electron chi connectivity index (χ0n) is 12.4. The molecule has 2 unspecified atom stereocenters. The van der Waals surface area contributed by atoms with Crippen molar-refractivity contribution in [3.8, 4) is 0 Å². The van der Waals surface area contributed by atoms with Gasteiger partial charge in [-0.25, -0.2) is 0 Å². The first-order valence-corrected chi connectivity index (χ1v) is 8.33. The molecule has 1 aromatic carbocycles. The van der Waals surface area contributed by atoms with Gasteiger partial charge in [0.05, 0.1) is 6.61 Å². The zero-order chi connectivity index (χ0) is 14.9. The van der Waals surface area contributed by atoms with Gasteiger partial charge in [-0.2, -0.15) is 11.3 Å². The Morgan fingerprint density at radius 2 is 2.05 bits per heavy atom. The maximum absolute atomic E-state index is 12.7. The Labute approximate surface area is 129 Å². The summed E-state index contributed by atoms with van der Waals surface area (Å²) < 4.78 is 5.53. The lowest BCUT2D eigenvalue weighted by molar-refractivity contribution is -0.143. The van der Waals surface area contributed by atoms with E-state index in [4.69, 9.17) is 4.74 Å². The second-order valence-electron chi connectivity index (χ2n) is 6.14. The van der Waals surface area contributed by atoms with Crippen LogP contribution in [0, 0.1) is 5.92 Å². The summed E-state index contributed by atoms with van der Waals surface area (Å²) in [6, 6.07) is 12.3. The zero-order valence-corrected chi connectivity index (χ0v) is 13.2. The number of ether oxygens (including phenoxy) is 1. The summed E-state index contributed by atoms with van der Waals surface area (Å²) in [5.74, 6) is 0.469. The number of carbonyl (C=O) groups is 1. The Kier molecular flexibility index (Phi) is 3.85. The van der Waals surface area contributed by atoms with Gasteiger partial charge in [0.25, 0.3) is 0 Å². The highest BCUT2D eigenvalue weighted by molar-refractivity contribution is 7.08.